The number of hydrogen-bond acceptors (Lipinski definition) is 11. The van der Waals surface area contributed by atoms with Crippen LogP contribution in [-0.4, -0.2) is 144 Å². The van der Waals surface area contributed by atoms with Crippen molar-refractivity contribution in [3.05, 3.63) is 0 Å². The van der Waals surface area contributed by atoms with Gasteiger partial charge in [-0.2, -0.15) is 0 Å². The van der Waals surface area contributed by atoms with E-state index in [0.717, 1.165) is 0 Å². The fourth-order valence-corrected chi connectivity index (χ4v) is 2.13. The highest BCUT2D eigenvalue weighted by Gasteiger charge is 2.07. The van der Waals surface area contributed by atoms with E-state index in [9.17, 15) is 5.11 Å². The second kappa shape index (κ2) is 28.6. The Bertz CT molecular complexity index is 337. The van der Waals surface area contributed by atoms with Crippen molar-refractivity contribution in [1.82, 2.24) is 0 Å². The lowest BCUT2D eigenvalue weighted by atomic mass is 10.4. The van der Waals surface area contributed by atoms with E-state index in [1.54, 1.807) is 14.2 Å². The Morgan fingerprint density at radius 1 is 0.438 bits per heavy atom. The third kappa shape index (κ3) is 25.8. The van der Waals surface area contributed by atoms with Gasteiger partial charge in [-0.3, -0.25) is 0 Å². The summed E-state index contributed by atoms with van der Waals surface area (Å²) in [6, 6.07) is 0. The molecule has 0 fully saturated rings. The van der Waals surface area contributed by atoms with E-state index in [1.807, 2.05) is 0 Å². The first-order chi connectivity index (χ1) is 15.8. The molecule has 0 rings (SSSR count). The molecule has 0 saturated carbocycles. The quantitative estimate of drug-likeness (QED) is 0.152. The summed E-state index contributed by atoms with van der Waals surface area (Å²) in [4.78, 5) is 0. The van der Waals surface area contributed by atoms with Gasteiger partial charge in [-0.1, -0.05) is 0 Å². The first kappa shape index (κ1) is 31.6. The number of rotatable bonds is 28. The van der Waals surface area contributed by atoms with Crippen molar-refractivity contribution in [2.24, 2.45) is 0 Å². The van der Waals surface area contributed by atoms with Crippen molar-refractivity contribution in [2.45, 2.75) is 6.10 Å². The molecule has 1 unspecified atom stereocenters. The third-order valence-electron chi connectivity index (χ3n) is 3.81. The summed E-state index contributed by atoms with van der Waals surface area (Å²) >= 11 is 0. The second-order valence-electron chi connectivity index (χ2n) is 6.41. The number of methoxy groups -OCH3 is 2. The zero-order valence-electron chi connectivity index (χ0n) is 19.8. The molecule has 0 aromatic carbocycles. The Labute approximate surface area is 192 Å². The maximum atomic E-state index is 9.34. The number of aliphatic hydroxyl groups is 1. The van der Waals surface area contributed by atoms with Gasteiger partial charge in [0.1, 0.15) is 6.10 Å². The molecule has 0 aliphatic carbocycles. The van der Waals surface area contributed by atoms with Crippen LogP contribution in [0.4, 0.5) is 0 Å². The van der Waals surface area contributed by atoms with E-state index in [1.165, 1.54) is 0 Å². The van der Waals surface area contributed by atoms with E-state index >= 15 is 0 Å². The SMILES string of the molecule is COCCOCCOCCOCCOCC(CO)OCCOCCOCCOCCOC. The predicted molar refractivity (Wildman–Crippen MR) is 116 cm³/mol. The van der Waals surface area contributed by atoms with Gasteiger partial charge in [0.15, 0.2) is 0 Å². The molecule has 0 aliphatic heterocycles. The zero-order valence-corrected chi connectivity index (χ0v) is 19.8. The average Bonchev–Trinajstić information content (AvgIpc) is 2.81. The molecule has 0 radical (unpaired) electrons. The minimum absolute atomic E-state index is 0.118. The lowest BCUT2D eigenvalue weighted by Crippen LogP contribution is -2.27. The van der Waals surface area contributed by atoms with Gasteiger partial charge in [0.2, 0.25) is 0 Å². The van der Waals surface area contributed by atoms with Crippen molar-refractivity contribution in [3.63, 3.8) is 0 Å². The highest BCUT2D eigenvalue weighted by molar-refractivity contribution is 4.53. The molecule has 0 aliphatic rings. The van der Waals surface area contributed by atoms with Gasteiger partial charge in [-0.15, -0.1) is 0 Å². The summed E-state index contributed by atoms with van der Waals surface area (Å²) in [6.45, 7) is 8.23. The standard InChI is InChI=1S/C21H44O11/c1-23-3-5-25-7-9-27-11-12-29-15-16-31-20-21(19-22)32-18-17-30-14-13-28-10-8-26-6-4-24-2/h21-22H,3-20H2,1-2H3. The van der Waals surface area contributed by atoms with Crippen LogP contribution in [0, 0.1) is 0 Å². The molecule has 0 aromatic heterocycles. The average molecular weight is 473 g/mol. The summed E-state index contributed by atoms with van der Waals surface area (Å²) in [6.07, 6.45) is -0.388. The Balaban J connectivity index is 3.26. The molecule has 0 bridgehead atoms. The maximum absolute atomic E-state index is 9.34. The molecule has 0 heterocycles. The molecule has 1 N–H and O–H groups in total. The van der Waals surface area contributed by atoms with Gasteiger partial charge in [0, 0.05) is 14.2 Å². The molecule has 0 saturated heterocycles. The molecule has 1 atom stereocenters. The lowest BCUT2D eigenvalue weighted by Gasteiger charge is -2.16. The number of ether oxygens (including phenoxy) is 10. The van der Waals surface area contributed by atoms with Crippen LogP contribution in [0.1, 0.15) is 0 Å². The largest absolute Gasteiger partial charge is 0.394 e. The molecule has 32 heavy (non-hydrogen) atoms. The summed E-state index contributed by atoms with van der Waals surface area (Å²) in [5.41, 5.74) is 0. The van der Waals surface area contributed by atoms with Crippen molar-refractivity contribution in [3.8, 4) is 0 Å². The molecule has 0 aromatic rings. The first-order valence-electron chi connectivity index (χ1n) is 11.1. The van der Waals surface area contributed by atoms with Gasteiger partial charge in [0.05, 0.1) is 119 Å². The van der Waals surface area contributed by atoms with Gasteiger partial charge in [-0.25, -0.2) is 0 Å². The zero-order chi connectivity index (χ0) is 23.4. The Morgan fingerprint density at radius 3 is 1.09 bits per heavy atom. The Hall–Kier alpha value is -0.440. The minimum Gasteiger partial charge on any atom is -0.394 e. The van der Waals surface area contributed by atoms with Crippen LogP contribution in [0.5, 0.6) is 0 Å². The normalized spacial score (nSPS) is 12.5. The van der Waals surface area contributed by atoms with Crippen molar-refractivity contribution in [2.75, 3.05) is 133 Å². The second-order valence-corrected chi connectivity index (χ2v) is 6.41. The molecular weight excluding hydrogens is 428 g/mol. The summed E-state index contributed by atoms with van der Waals surface area (Å²) in [7, 11) is 3.27. The molecule has 0 amide bonds. The van der Waals surface area contributed by atoms with E-state index in [-0.39, 0.29) is 12.7 Å². The Kier molecular flexibility index (Phi) is 28.2. The minimum atomic E-state index is -0.388. The highest BCUT2D eigenvalue weighted by atomic mass is 16.6. The third-order valence-corrected chi connectivity index (χ3v) is 3.81. The fourth-order valence-electron chi connectivity index (χ4n) is 2.13. The summed E-state index contributed by atoms with van der Waals surface area (Å²) in [5, 5.41) is 9.34. The Morgan fingerprint density at radius 2 is 0.750 bits per heavy atom. The van der Waals surface area contributed by atoms with Crippen LogP contribution in [0.3, 0.4) is 0 Å². The first-order valence-corrected chi connectivity index (χ1v) is 11.1. The van der Waals surface area contributed by atoms with Crippen LogP contribution >= 0.6 is 0 Å². The molecule has 11 nitrogen and oxygen atoms in total. The van der Waals surface area contributed by atoms with Gasteiger partial charge in [0.25, 0.3) is 0 Å². The number of aliphatic hydroxyl groups excluding tert-OH is 1. The molecule has 11 heteroatoms. The van der Waals surface area contributed by atoms with Crippen molar-refractivity contribution >= 4 is 0 Å². The highest BCUT2D eigenvalue weighted by Crippen LogP contribution is 1.94. The van der Waals surface area contributed by atoms with Crippen LogP contribution < -0.4 is 0 Å². The number of hydrogen-bond donors (Lipinski definition) is 1. The van der Waals surface area contributed by atoms with Crippen LogP contribution in [0.2, 0.25) is 0 Å². The van der Waals surface area contributed by atoms with Gasteiger partial charge < -0.3 is 52.5 Å². The van der Waals surface area contributed by atoms with Crippen LogP contribution in [0.25, 0.3) is 0 Å². The fraction of sp³-hybridized carbons (Fsp3) is 1.00. The van der Waals surface area contributed by atoms with E-state index < -0.39 is 0 Å². The van der Waals surface area contributed by atoms with E-state index in [4.69, 9.17) is 47.4 Å². The monoisotopic (exact) mass is 472 g/mol. The van der Waals surface area contributed by atoms with Crippen molar-refractivity contribution in [1.29, 1.82) is 0 Å². The lowest BCUT2D eigenvalue weighted by molar-refractivity contribution is -0.0712. The van der Waals surface area contributed by atoms with E-state index in [2.05, 4.69) is 0 Å². The van der Waals surface area contributed by atoms with Gasteiger partial charge in [-0.05, 0) is 0 Å². The molecule has 194 valence electrons. The smallest absolute Gasteiger partial charge is 0.104 e. The summed E-state index contributed by atoms with van der Waals surface area (Å²) in [5.74, 6) is 0. The maximum Gasteiger partial charge on any atom is 0.104 e. The molecule has 0 spiro atoms. The predicted octanol–water partition coefficient (Wildman–Crippen LogP) is -0.227. The van der Waals surface area contributed by atoms with Gasteiger partial charge >= 0.3 is 0 Å². The molecular formula is C21H44O11. The van der Waals surface area contributed by atoms with Crippen LogP contribution in [-0.2, 0) is 47.4 Å². The van der Waals surface area contributed by atoms with Crippen LogP contribution in [0.15, 0.2) is 0 Å². The van der Waals surface area contributed by atoms with E-state index in [0.29, 0.717) is 112 Å². The van der Waals surface area contributed by atoms with Crippen molar-refractivity contribution < 1.29 is 52.5 Å². The summed E-state index contributed by atoms with van der Waals surface area (Å²) < 4.78 is 52.9. The topological polar surface area (TPSA) is 113 Å².